The van der Waals surface area contributed by atoms with Crippen molar-refractivity contribution in [1.82, 2.24) is 9.97 Å². The van der Waals surface area contributed by atoms with Gasteiger partial charge in [-0.25, -0.2) is 9.97 Å². The van der Waals surface area contributed by atoms with Crippen molar-refractivity contribution in [3.63, 3.8) is 0 Å². The summed E-state index contributed by atoms with van der Waals surface area (Å²) >= 11 is 1.84. The molecule has 4 nitrogen and oxygen atoms in total. The first kappa shape index (κ1) is 15.1. The molecule has 0 spiro atoms. The molecule has 2 N–H and O–H groups in total. The zero-order valence-corrected chi connectivity index (χ0v) is 13.0. The molecule has 0 bridgehead atoms. The second-order valence-electron chi connectivity index (χ2n) is 5.39. The third-order valence-electron chi connectivity index (χ3n) is 2.63. The highest BCUT2D eigenvalue weighted by molar-refractivity contribution is 7.99. The van der Waals surface area contributed by atoms with Gasteiger partial charge >= 0.3 is 0 Å². The van der Waals surface area contributed by atoms with E-state index in [-0.39, 0.29) is 5.41 Å². The second-order valence-corrected chi connectivity index (χ2v) is 6.67. The third kappa shape index (κ3) is 4.37. The van der Waals surface area contributed by atoms with E-state index in [1.165, 1.54) is 0 Å². The van der Waals surface area contributed by atoms with E-state index in [2.05, 4.69) is 54.6 Å². The first-order chi connectivity index (χ1) is 8.36. The number of aromatic nitrogens is 2. The van der Waals surface area contributed by atoms with Gasteiger partial charge in [-0.1, -0.05) is 27.7 Å². The van der Waals surface area contributed by atoms with Crippen LogP contribution in [0.4, 0.5) is 11.6 Å². The SMILES string of the molecule is CNc1cc(NCC(C)SC)nc(C(C)(C)C)n1. The lowest BCUT2D eigenvalue weighted by Crippen LogP contribution is -2.20. The van der Waals surface area contributed by atoms with E-state index < -0.39 is 0 Å². The summed E-state index contributed by atoms with van der Waals surface area (Å²) in [6.45, 7) is 9.47. The summed E-state index contributed by atoms with van der Waals surface area (Å²) in [5, 5.41) is 7.02. The van der Waals surface area contributed by atoms with Crippen molar-refractivity contribution in [3.05, 3.63) is 11.9 Å². The van der Waals surface area contributed by atoms with Crippen LogP contribution < -0.4 is 10.6 Å². The number of hydrogen-bond acceptors (Lipinski definition) is 5. The number of anilines is 2. The molecule has 5 heteroatoms. The minimum atomic E-state index is -0.0472. The molecule has 0 aliphatic rings. The van der Waals surface area contributed by atoms with Crippen molar-refractivity contribution in [2.75, 3.05) is 30.5 Å². The van der Waals surface area contributed by atoms with Crippen LogP contribution in [0.1, 0.15) is 33.5 Å². The maximum absolute atomic E-state index is 4.59. The monoisotopic (exact) mass is 268 g/mol. The van der Waals surface area contributed by atoms with E-state index in [4.69, 9.17) is 0 Å². The molecule has 0 fully saturated rings. The number of hydrogen-bond donors (Lipinski definition) is 2. The Morgan fingerprint density at radius 1 is 1.28 bits per heavy atom. The van der Waals surface area contributed by atoms with Crippen LogP contribution in [0.3, 0.4) is 0 Å². The molecule has 18 heavy (non-hydrogen) atoms. The van der Waals surface area contributed by atoms with Gasteiger partial charge in [0.15, 0.2) is 0 Å². The van der Waals surface area contributed by atoms with Crippen LogP contribution in [0.25, 0.3) is 0 Å². The van der Waals surface area contributed by atoms with Gasteiger partial charge in [-0.2, -0.15) is 11.8 Å². The maximum atomic E-state index is 4.59. The van der Waals surface area contributed by atoms with Crippen LogP contribution in [0.2, 0.25) is 0 Å². The predicted molar refractivity (Wildman–Crippen MR) is 81.7 cm³/mol. The Morgan fingerprint density at radius 3 is 2.39 bits per heavy atom. The van der Waals surface area contributed by atoms with Crippen LogP contribution in [-0.4, -0.2) is 35.1 Å². The number of rotatable bonds is 5. The lowest BCUT2D eigenvalue weighted by molar-refractivity contribution is 0.546. The number of thioether (sulfide) groups is 1. The van der Waals surface area contributed by atoms with E-state index in [0.717, 1.165) is 24.0 Å². The van der Waals surface area contributed by atoms with E-state index in [0.29, 0.717) is 5.25 Å². The van der Waals surface area contributed by atoms with Gasteiger partial charge < -0.3 is 10.6 Å². The number of nitrogens with zero attached hydrogens (tertiary/aromatic N) is 2. The zero-order chi connectivity index (χ0) is 13.8. The average Bonchev–Trinajstić information content (AvgIpc) is 2.34. The fraction of sp³-hybridized carbons (Fsp3) is 0.692. The second kappa shape index (κ2) is 6.27. The lowest BCUT2D eigenvalue weighted by Gasteiger charge is -2.19. The molecule has 102 valence electrons. The van der Waals surface area contributed by atoms with Crippen molar-refractivity contribution in [2.24, 2.45) is 0 Å². The molecule has 1 unspecified atom stereocenters. The Kier molecular flexibility index (Phi) is 5.26. The number of nitrogens with one attached hydrogen (secondary N) is 2. The van der Waals surface area contributed by atoms with Gasteiger partial charge in [-0.3, -0.25) is 0 Å². The fourth-order valence-electron chi connectivity index (χ4n) is 1.33. The third-order valence-corrected chi connectivity index (χ3v) is 3.60. The summed E-state index contributed by atoms with van der Waals surface area (Å²) < 4.78 is 0. The molecule has 0 saturated carbocycles. The summed E-state index contributed by atoms with van der Waals surface area (Å²) in [5.74, 6) is 2.60. The Balaban J connectivity index is 2.91. The van der Waals surface area contributed by atoms with Crippen LogP contribution in [0.15, 0.2) is 6.07 Å². The minimum absolute atomic E-state index is 0.0472. The topological polar surface area (TPSA) is 49.8 Å². The normalized spacial score (nSPS) is 13.2. The van der Waals surface area contributed by atoms with Gasteiger partial charge in [0.25, 0.3) is 0 Å². The highest BCUT2D eigenvalue weighted by Gasteiger charge is 2.19. The summed E-state index contributed by atoms with van der Waals surface area (Å²) in [7, 11) is 1.88. The predicted octanol–water partition coefficient (Wildman–Crippen LogP) is 2.98. The van der Waals surface area contributed by atoms with Crippen LogP contribution in [0.5, 0.6) is 0 Å². The highest BCUT2D eigenvalue weighted by atomic mass is 32.2. The Labute approximate surface area is 114 Å². The quantitative estimate of drug-likeness (QED) is 0.860. The molecule has 0 aliphatic heterocycles. The van der Waals surface area contributed by atoms with Crippen molar-refractivity contribution >= 4 is 23.4 Å². The lowest BCUT2D eigenvalue weighted by atomic mass is 9.96. The van der Waals surface area contributed by atoms with Crippen molar-refractivity contribution in [2.45, 2.75) is 38.4 Å². The summed E-state index contributed by atoms with van der Waals surface area (Å²) in [6.07, 6.45) is 2.12. The molecule has 0 radical (unpaired) electrons. The smallest absolute Gasteiger partial charge is 0.138 e. The summed E-state index contributed by atoms with van der Waals surface area (Å²) in [4.78, 5) is 9.09. The molecule has 1 heterocycles. The van der Waals surface area contributed by atoms with Gasteiger partial charge in [0, 0.05) is 30.3 Å². The van der Waals surface area contributed by atoms with E-state index in [1.54, 1.807) is 0 Å². The van der Waals surface area contributed by atoms with Gasteiger partial charge in [0.2, 0.25) is 0 Å². The summed E-state index contributed by atoms with van der Waals surface area (Å²) in [6, 6.07) is 1.95. The molecule has 1 aromatic rings. The van der Waals surface area contributed by atoms with Crippen molar-refractivity contribution in [3.8, 4) is 0 Å². The van der Waals surface area contributed by atoms with Gasteiger partial charge in [-0.15, -0.1) is 0 Å². The first-order valence-electron chi connectivity index (χ1n) is 6.20. The molecule has 0 amide bonds. The van der Waals surface area contributed by atoms with Gasteiger partial charge in [0.1, 0.15) is 17.5 Å². The van der Waals surface area contributed by atoms with Crippen molar-refractivity contribution < 1.29 is 0 Å². The first-order valence-corrected chi connectivity index (χ1v) is 7.49. The summed E-state index contributed by atoms with van der Waals surface area (Å²) in [5.41, 5.74) is -0.0472. The Morgan fingerprint density at radius 2 is 1.89 bits per heavy atom. The van der Waals surface area contributed by atoms with Gasteiger partial charge in [0.05, 0.1) is 0 Å². The standard InChI is InChI=1S/C13H24N4S/c1-9(18-6)8-15-11-7-10(14-5)16-12(17-11)13(2,3)4/h7,9H,8H2,1-6H3,(H2,14,15,16,17). The Bertz CT molecular complexity index is 387. The van der Waals surface area contributed by atoms with Crippen LogP contribution in [0, 0.1) is 0 Å². The molecule has 1 atom stereocenters. The Hall–Kier alpha value is -0.970. The molecular formula is C13H24N4S. The molecule has 0 aliphatic carbocycles. The van der Waals surface area contributed by atoms with Crippen molar-refractivity contribution in [1.29, 1.82) is 0 Å². The van der Waals surface area contributed by atoms with Crippen LogP contribution >= 0.6 is 11.8 Å². The molecule has 1 aromatic heterocycles. The largest absolute Gasteiger partial charge is 0.373 e. The van der Waals surface area contributed by atoms with E-state index >= 15 is 0 Å². The molecule has 1 rings (SSSR count). The fourth-order valence-corrected chi connectivity index (χ4v) is 1.58. The van der Waals surface area contributed by atoms with E-state index in [9.17, 15) is 0 Å². The highest BCUT2D eigenvalue weighted by Crippen LogP contribution is 2.22. The average molecular weight is 268 g/mol. The zero-order valence-electron chi connectivity index (χ0n) is 12.2. The minimum Gasteiger partial charge on any atom is -0.373 e. The molecular weight excluding hydrogens is 244 g/mol. The van der Waals surface area contributed by atoms with Gasteiger partial charge in [-0.05, 0) is 6.26 Å². The molecule has 0 aromatic carbocycles. The molecule has 0 saturated heterocycles. The van der Waals surface area contributed by atoms with Crippen LogP contribution in [-0.2, 0) is 5.41 Å². The maximum Gasteiger partial charge on any atom is 0.138 e. The van der Waals surface area contributed by atoms with E-state index in [1.807, 2.05) is 24.9 Å².